The summed E-state index contributed by atoms with van der Waals surface area (Å²) in [4.78, 5) is 10.8. The van der Waals surface area contributed by atoms with Crippen LogP contribution in [-0.2, 0) is 14.8 Å². The number of carbonyl (C=O) groups excluding carboxylic acids is 1. The summed E-state index contributed by atoms with van der Waals surface area (Å²) in [6.45, 7) is 1.89. The highest BCUT2D eigenvalue weighted by molar-refractivity contribution is 7.92. The zero-order valence-corrected chi connectivity index (χ0v) is 15.8. The Hall–Kier alpha value is -2.97. The number of nitrogens with one attached hydrogen (secondary N) is 2. The molecule has 0 saturated heterocycles. The maximum absolute atomic E-state index is 12.4. The zero-order chi connectivity index (χ0) is 19.4. The molecular weight excluding hydrogens is 388 g/mol. The van der Waals surface area contributed by atoms with Gasteiger partial charge in [0.15, 0.2) is 5.15 Å². The van der Waals surface area contributed by atoms with Gasteiger partial charge in [-0.05, 0) is 37.3 Å². The predicted molar refractivity (Wildman–Crippen MR) is 104 cm³/mol. The van der Waals surface area contributed by atoms with Gasteiger partial charge in [-0.2, -0.15) is 0 Å². The fraction of sp³-hybridized carbons (Fsp3) is 0.0556. The molecule has 1 aromatic heterocycles. The van der Waals surface area contributed by atoms with Crippen LogP contribution in [0.1, 0.15) is 5.56 Å². The topological polar surface area (TPSA) is 101 Å². The van der Waals surface area contributed by atoms with Gasteiger partial charge in [-0.3, -0.25) is 9.52 Å². The molecule has 1 heterocycles. The second-order valence-corrected chi connectivity index (χ2v) is 7.73. The summed E-state index contributed by atoms with van der Waals surface area (Å²) in [5.74, 6) is 0. The van der Waals surface area contributed by atoms with Gasteiger partial charge in [0.25, 0.3) is 10.0 Å². The fourth-order valence-electron chi connectivity index (χ4n) is 2.32. The number of hydrogen-bond acceptors (Lipinski definition) is 5. The molecule has 0 aliphatic heterocycles. The Morgan fingerprint density at radius 1 is 1.00 bits per heavy atom. The molecule has 0 atom stereocenters. The van der Waals surface area contributed by atoms with E-state index >= 15 is 0 Å². The van der Waals surface area contributed by atoms with E-state index in [9.17, 15) is 13.2 Å². The van der Waals surface area contributed by atoms with Gasteiger partial charge in [0, 0.05) is 11.3 Å². The summed E-state index contributed by atoms with van der Waals surface area (Å²) in [6.07, 6.45) is 0.496. The lowest BCUT2D eigenvalue weighted by Gasteiger charge is -2.09. The minimum atomic E-state index is -3.67. The van der Waals surface area contributed by atoms with Crippen molar-refractivity contribution in [2.45, 2.75) is 11.8 Å². The smallest absolute Gasteiger partial charge is 0.261 e. The van der Waals surface area contributed by atoms with E-state index in [1.807, 2.05) is 6.92 Å². The quantitative estimate of drug-likeness (QED) is 0.615. The van der Waals surface area contributed by atoms with Crippen molar-refractivity contribution in [1.29, 1.82) is 0 Å². The number of amides is 1. The minimum absolute atomic E-state index is 0.0772. The number of hydrogen-bond donors (Lipinski definition) is 2. The first-order chi connectivity index (χ1) is 12.9. The summed E-state index contributed by atoms with van der Waals surface area (Å²) in [5, 5.41) is 10.3. The Balaban J connectivity index is 1.82. The molecular formula is C18H15ClN4O3S. The normalized spacial score (nSPS) is 11.0. The summed E-state index contributed by atoms with van der Waals surface area (Å²) in [5.41, 5.74) is 2.89. The molecule has 0 spiro atoms. The first-order valence-corrected chi connectivity index (χ1v) is 9.68. The van der Waals surface area contributed by atoms with Crippen LogP contribution in [0.2, 0.25) is 5.15 Å². The molecule has 3 rings (SSSR count). The molecule has 2 aromatic carbocycles. The molecule has 0 saturated carbocycles. The van der Waals surface area contributed by atoms with Gasteiger partial charge in [0.05, 0.1) is 16.3 Å². The molecule has 0 unspecified atom stereocenters. The Bertz CT molecular complexity index is 1070. The number of halogens is 1. The number of aryl methyl sites for hydroxylation is 1. The second kappa shape index (κ2) is 7.73. The van der Waals surface area contributed by atoms with Gasteiger partial charge in [-0.15, -0.1) is 10.2 Å². The molecule has 7 nitrogen and oxygen atoms in total. The zero-order valence-electron chi connectivity index (χ0n) is 14.2. The molecule has 0 radical (unpaired) electrons. The number of anilines is 2. The summed E-state index contributed by atoms with van der Waals surface area (Å²) in [6, 6.07) is 14.8. The van der Waals surface area contributed by atoms with Crippen LogP contribution < -0.4 is 10.0 Å². The van der Waals surface area contributed by atoms with E-state index in [0.29, 0.717) is 29.0 Å². The van der Waals surface area contributed by atoms with Gasteiger partial charge < -0.3 is 5.32 Å². The number of sulfonamides is 1. The molecule has 27 heavy (non-hydrogen) atoms. The van der Waals surface area contributed by atoms with Crippen LogP contribution in [0.25, 0.3) is 11.3 Å². The molecule has 2 N–H and O–H groups in total. The SMILES string of the molecule is Cc1ccc(S(=O)(=O)Nc2ccc(-c3cc(NC=O)c(Cl)nn3)cc2)cc1. The molecule has 0 fully saturated rings. The number of nitrogens with zero attached hydrogens (tertiary/aromatic N) is 2. The standard InChI is InChI=1S/C18H15ClN4O3S/c1-12-2-8-15(9-3-12)27(25,26)23-14-6-4-13(5-7-14)16-10-17(20-11-24)18(19)22-21-16/h2-11,23H,1H3,(H,20,21,24). The van der Waals surface area contributed by atoms with Crippen LogP contribution in [0.15, 0.2) is 59.5 Å². The lowest BCUT2D eigenvalue weighted by molar-refractivity contribution is -0.105. The largest absolute Gasteiger partial charge is 0.326 e. The predicted octanol–water partition coefficient (Wildman–Crippen LogP) is 3.47. The van der Waals surface area contributed by atoms with Gasteiger partial charge in [0.1, 0.15) is 0 Å². The summed E-state index contributed by atoms with van der Waals surface area (Å²) < 4.78 is 27.4. The van der Waals surface area contributed by atoms with Crippen molar-refractivity contribution < 1.29 is 13.2 Å². The van der Waals surface area contributed by atoms with Gasteiger partial charge >= 0.3 is 0 Å². The third-order valence-electron chi connectivity index (χ3n) is 3.73. The molecule has 0 aliphatic carbocycles. The van der Waals surface area contributed by atoms with Crippen molar-refractivity contribution >= 4 is 39.4 Å². The minimum Gasteiger partial charge on any atom is -0.326 e. The lowest BCUT2D eigenvalue weighted by atomic mass is 10.1. The third kappa shape index (κ3) is 4.42. The van der Waals surface area contributed by atoms with Crippen molar-refractivity contribution in [2.24, 2.45) is 0 Å². The fourth-order valence-corrected chi connectivity index (χ4v) is 3.53. The Labute approximate surface area is 161 Å². The number of rotatable bonds is 6. The first-order valence-electron chi connectivity index (χ1n) is 7.82. The Morgan fingerprint density at radius 3 is 2.30 bits per heavy atom. The number of benzene rings is 2. The van der Waals surface area contributed by atoms with Crippen LogP contribution in [-0.4, -0.2) is 25.0 Å². The third-order valence-corrected chi connectivity index (χ3v) is 5.40. The highest BCUT2D eigenvalue weighted by Gasteiger charge is 2.14. The van der Waals surface area contributed by atoms with E-state index in [2.05, 4.69) is 20.2 Å². The number of carbonyl (C=O) groups is 1. The van der Waals surface area contributed by atoms with Gasteiger partial charge in [-0.1, -0.05) is 41.4 Å². The van der Waals surface area contributed by atoms with Gasteiger partial charge in [-0.25, -0.2) is 8.42 Å². The van der Waals surface area contributed by atoms with E-state index in [1.165, 1.54) is 0 Å². The van der Waals surface area contributed by atoms with E-state index < -0.39 is 10.0 Å². The molecule has 138 valence electrons. The van der Waals surface area contributed by atoms with E-state index in [0.717, 1.165) is 5.56 Å². The summed E-state index contributed by atoms with van der Waals surface area (Å²) >= 11 is 5.86. The summed E-state index contributed by atoms with van der Waals surface area (Å²) in [7, 11) is -3.67. The highest BCUT2D eigenvalue weighted by Crippen LogP contribution is 2.26. The van der Waals surface area contributed by atoms with Crippen molar-refractivity contribution in [2.75, 3.05) is 10.0 Å². The molecule has 0 bridgehead atoms. The molecule has 3 aromatic rings. The maximum Gasteiger partial charge on any atom is 0.261 e. The van der Waals surface area contributed by atoms with Crippen molar-refractivity contribution in [1.82, 2.24) is 10.2 Å². The average Bonchev–Trinajstić information content (AvgIpc) is 2.64. The molecule has 9 heteroatoms. The number of aromatic nitrogens is 2. The molecule has 1 amide bonds. The molecule has 0 aliphatic rings. The van der Waals surface area contributed by atoms with Crippen LogP contribution in [0, 0.1) is 6.92 Å². The van der Waals surface area contributed by atoms with Crippen LogP contribution in [0.3, 0.4) is 0 Å². The monoisotopic (exact) mass is 402 g/mol. The highest BCUT2D eigenvalue weighted by atomic mass is 35.5. The lowest BCUT2D eigenvalue weighted by Crippen LogP contribution is -2.12. The van der Waals surface area contributed by atoms with E-state index in [1.54, 1.807) is 54.6 Å². The van der Waals surface area contributed by atoms with Crippen LogP contribution >= 0.6 is 11.6 Å². The maximum atomic E-state index is 12.4. The van der Waals surface area contributed by atoms with Crippen LogP contribution in [0.5, 0.6) is 0 Å². The second-order valence-electron chi connectivity index (χ2n) is 5.69. The Kier molecular flexibility index (Phi) is 5.38. The van der Waals surface area contributed by atoms with Crippen molar-refractivity contribution in [3.63, 3.8) is 0 Å². The van der Waals surface area contributed by atoms with Crippen molar-refractivity contribution in [3.05, 3.63) is 65.3 Å². The van der Waals surface area contributed by atoms with Gasteiger partial charge in [0.2, 0.25) is 6.41 Å². The van der Waals surface area contributed by atoms with Crippen molar-refractivity contribution in [3.8, 4) is 11.3 Å². The average molecular weight is 403 g/mol. The van der Waals surface area contributed by atoms with Crippen LogP contribution in [0.4, 0.5) is 11.4 Å². The first kappa shape index (κ1) is 18.8. The Morgan fingerprint density at radius 2 is 1.67 bits per heavy atom. The van der Waals surface area contributed by atoms with E-state index in [4.69, 9.17) is 11.6 Å². The van der Waals surface area contributed by atoms with E-state index in [-0.39, 0.29) is 10.0 Å².